The van der Waals surface area contributed by atoms with Gasteiger partial charge in [-0.15, -0.1) is 0 Å². The van der Waals surface area contributed by atoms with E-state index in [2.05, 4.69) is 23.2 Å². The monoisotopic (exact) mass is 295 g/mol. The molecule has 0 aliphatic carbocycles. The van der Waals surface area contributed by atoms with Crippen molar-refractivity contribution in [2.24, 2.45) is 0 Å². The molecule has 0 saturated carbocycles. The van der Waals surface area contributed by atoms with Crippen LogP contribution in [0.2, 0.25) is 0 Å². The summed E-state index contributed by atoms with van der Waals surface area (Å²) in [6.07, 6.45) is 7.07. The Morgan fingerprint density at radius 2 is 1.91 bits per heavy atom. The number of nitrogens with zero attached hydrogens (tertiary/aromatic N) is 1. The Labute approximate surface area is 131 Å². The Morgan fingerprint density at radius 1 is 1.14 bits per heavy atom. The number of carbonyl (C=O) groups is 1. The lowest BCUT2D eigenvalue weighted by Gasteiger charge is -2.05. The minimum absolute atomic E-state index is 0.232. The summed E-state index contributed by atoms with van der Waals surface area (Å²) < 4.78 is 5.06. The van der Waals surface area contributed by atoms with E-state index in [0.29, 0.717) is 18.6 Å². The largest absolute Gasteiger partial charge is 0.463 e. The molecule has 2 aromatic rings. The minimum Gasteiger partial charge on any atom is -0.463 e. The fourth-order valence-corrected chi connectivity index (χ4v) is 2.20. The fraction of sp³-hybridized carbons (Fsp3) is 0.263. The van der Waals surface area contributed by atoms with Crippen LogP contribution in [0.1, 0.15) is 37.0 Å². The van der Waals surface area contributed by atoms with Gasteiger partial charge in [0.1, 0.15) is 0 Å². The molecule has 114 valence electrons. The third kappa shape index (κ3) is 4.55. The van der Waals surface area contributed by atoms with Crippen molar-refractivity contribution in [2.75, 3.05) is 6.61 Å². The van der Waals surface area contributed by atoms with Crippen molar-refractivity contribution in [1.29, 1.82) is 0 Å². The zero-order valence-corrected chi connectivity index (χ0v) is 13.1. The van der Waals surface area contributed by atoms with Crippen molar-refractivity contribution in [3.8, 4) is 0 Å². The molecule has 0 unspecified atom stereocenters. The summed E-state index contributed by atoms with van der Waals surface area (Å²) in [5.74, 6) is -0.232. The number of carbonyl (C=O) groups excluding carboxylic acids is 1. The van der Waals surface area contributed by atoms with Crippen molar-refractivity contribution in [2.45, 2.75) is 26.7 Å². The molecule has 0 aliphatic heterocycles. The number of ether oxygens (including phenoxy) is 1. The minimum atomic E-state index is -0.232. The van der Waals surface area contributed by atoms with E-state index < -0.39 is 0 Å². The Bertz CT molecular complexity index is 630. The fourth-order valence-electron chi connectivity index (χ4n) is 2.20. The van der Waals surface area contributed by atoms with Crippen LogP contribution >= 0.6 is 0 Å². The van der Waals surface area contributed by atoms with Crippen LogP contribution < -0.4 is 0 Å². The maximum Gasteiger partial charge on any atom is 0.333 e. The second-order valence-corrected chi connectivity index (χ2v) is 5.02. The highest BCUT2D eigenvalue weighted by molar-refractivity contribution is 5.93. The molecule has 1 heterocycles. The van der Waals surface area contributed by atoms with Crippen LogP contribution in [0.4, 0.5) is 0 Å². The number of aromatic nitrogens is 1. The zero-order valence-electron chi connectivity index (χ0n) is 13.1. The third-order valence-corrected chi connectivity index (χ3v) is 3.37. The zero-order chi connectivity index (χ0) is 15.8. The van der Waals surface area contributed by atoms with Crippen molar-refractivity contribution in [3.63, 3.8) is 0 Å². The molecule has 0 aliphatic rings. The van der Waals surface area contributed by atoms with E-state index in [4.69, 9.17) is 4.74 Å². The first-order valence-electron chi connectivity index (χ1n) is 7.58. The number of benzene rings is 1. The molecule has 3 heteroatoms. The standard InChI is InChI=1S/C19H21NO2/c1-3-18(19(21)22-4-2)13-16-9-7-15(8-10-16)12-17-6-5-11-20-14-17/h5-11,13-14H,3-4,12H2,1-2H3. The maximum absolute atomic E-state index is 11.8. The number of hydrogen-bond acceptors (Lipinski definition) is 3. The molecule has 0 N–H and O–H groups in total. The Morgan fingerprint density at radius 3 is 2.50 bits per heavy atom. The van der Waals surface area contributed by atoms with Crippen LogP contribution in [-0.4, -0.2) is 17.6 Å². The van der Waals surface area contributed by atoms with Crippen LogP contribution in [-0.2, 0) is 16.0 Å². The molecule has 1 aromatic carbocycles. The molecule has 0 spiro atoms. The average Bonchev–Trinajstić information content (AvgIpc) is 2.55. The Hall–Kier alpha value is -2.42. The van der Waals surface area contributed by atoms with Crippen LogP contribution in [0.5, 0.6) is 0 Å². The predicted molar refractivity (Wildman–Crippen MR) is 88.4 cm³/mol. The summed E-state index contributed by atoms with van der Waals surface area (Å²) in [5.41, 5.74) is 4.12. The molecular weight excluding hydrogens is 274 g/mol. The molecular formula is C19H21NO2. The van der Waals surface area contributed by atoms with E-state index in [1.54, 1.807) is 6.20 Å². The normalized spacial score (nSPS) is 11.3. The van der Waals surface area contributed by atoms with E-state index in [1.165, 1.54) is 11.1 Å². The van der Waals surface area contributed by atoms with Gasteiger partial charge in [-0.3, -0.25) is 4.98 Å². The summed E-state index contributed by atoms with van der Waals surface area (Å²) in [6, 6.07) is 12.2. The molecule has 0 radical (unpaired) electrons. The lowest BCUT2D eigenvalue weighted by molar-refractivity contribution is -0.138. The van der Waals surface area contributed by atoms with Gasteiger partial charge in [0, 0.05) is 18.0 Å². The maximum atomic E-state index is 11.8. The van der Waals surface area contributed by atoms with Gasteiger partial charge in [-0.2, -0.15) is 0 Å². The summed E-state index contributed by atoms with van der Waals surface area (Å²) in [5, 5.41) is 0. The number of esters is 1. The van der Waals surface area contributed by atoms with Crippen molar-refractivity contribution in [1.82, 2.24) is 4.98 Å². The van der Waals surface area contributed by atoms with Crippen molar-refractivity contribution in [3.05, 3.63) is 71.1 Å². The third-order valence-electron chi connectivity index (χ3n) is 3.37. The summed E-state index contributed by atoms with van der Waals surface area (Å²) in [6.45, 7) is 4.18. The van der Waals surface area contributed by atoms with Gasteiger partial charge in [-0.05, 0) is 48.6 Å². The predicted octanol–water partition coefficient (Wildman–Crippen LogP) is 4.03. The molecule has 0 saturated heterocycles. The number of rotatable bonds is 6. The summed E-state index contributed by atoms with van der Waals surface area (Å²) >= 11 is 0. The van der Waals surface area contributed by atoms with Gasteiger partial charge < -0.3 is 4.74 Å². The van der Waals surface area contributed by atoms with Crippen molar-refractivity contribution < 1.29 is 9.53 Å². The van der Waals surface area contributed by atoms with Gasteiger partial charge in [-0.25, -0.2) is 4.79 Å². The summed E-state index contributed by atoms with van der Waals surface area (Å²) in [7, 11) is 0. The van der Waals surface area contributed by atoms with Crippen LogP contribution in [0, 0.1) is 0 Å². The lowest BCUT2D eigenvalue weighted by Crippen LogP contribution is -2.06. The van der Waals surface area contributed by atoms with Crippen LogP contribution in [0.3, 0.4) is 0 Å². The molecule has 0 bridgehead atoms. The first kappa shape index (κ1) is 16.0. The van der Waals surface area contributed by atoms with Crippen LogP contribution in [0.15, 0.2) is 54.4 Å². The molecule has 1 aromatic heterocycles. The molecule has 22 heavy (non-hydrogen) atoms. The smallest absolute Gasteiger partial charge is 0.333 e. The first-order chi connectivity index (χ1) is 10.7. The van der Waals surface area contributed by atoms with Gasteiger partial charge in [-0.1, -0.05) is 37.3 Å². The highest BCUT2D eigenvalue weighted by Gasteiger charge is 2.08. The molecule has 3 nitrogen and oxygen atoms in total. The van der Waals surface area contributed by atoms with Gasteiger partial charge in [0.25, 0.3) is 0 Å². The van der Waals surface area contributed by atoms with Crippen molar-refractivity contribution >= 4 is 12.0 Å². The van der Waals surface area contributed by atoms with E-state index in [9.17, 15) is 4.79 Å². The van der Waals surface area contributed by atoms with Gasteiger partial charge in [0.05, 0.1) is 6.61 Å². The Kier molecular flexibility index (Phi) is 5.90. The van der Waals surface area contributed by atoms with Crippen LogP contribution in [0.25, 0.3) is 6.08 Å². The average molecular weight is 295 g/mol. The second kappa shape index (κ2) is 8.13. The second-order valence-electron chi connectivity index (χ2n) is 5.02. The van der Waals surface area contributed by atoms with E-state index >= 15 is 0 Å². The quantitative estimate of drug-likeness (QED) is 0.596. The molecule has 0 amide bonds. The van der Waals surface area contributed by atoms with Gasteiger partial charge in [0.15, 0.2) is 0 Å². The first-order valence-corrected chi connectivity index (χ1v) is 7.58. The Balaban J connectivity index is 2.09. The van der Waals surface area contributed by atoms with Gasteiger partial charge >= 0.3 is 5.97 Å². The highest BCUT2D eigenvalue weighted by atomic mass is 16.5. The van der Waals surface area contributed by atoms with E-state index in [0.717, 1.165) is 12.0 Å². The van der Waals surface area contributed by atoms with Gasteiger partial charge in [0.2, 0.25) is 0 Å². The highest BCUT2D eigenvalue weighted by Crippen LogP contribution is 2.14. The summed E-state index contributed by atoms with van der Waals surface area (Å²) in [4.78, 5) is 15.9. The number of pyridine rings is 1. The molecule has 0 fully saturated rings. The topological polar surface area (TPSA) is 39.2 Å². The van der Waals surface area contributed by atoms with E-state index in [1.807, 2.05) is 44.3 Å². The molecule has 0 atom stereocenters. The number of hydrogen-bond donors (Lipinski definition) is 0. The SMILES string of the molecule is CCOC(=O)C(=Cc1ccc(Cc2cccnc2)cc1)CC. The molecule has 2 rings (SSSR count). The van der Waals surface area contributed by atoms with E-state index in [-0.39, 0.29) is 5.97 Å². The lowest BCUT2D eigenvalue weighted by atomic mass is 10.0.